The van der Waals surface area contributed by atoms with Crippen LogP contribution in [0.4, 0.5) is 11.4 Å². The Bertz CT molecular complexity index is 1440. The van der Waals surface area contributed by atoms with Crippen LogP contribution in [0.1, 0.15) is 39.2 Å². The average molecular weight is 570 g/mol. The molecule has 0 spiro atoms. The Labute approximate surface area is 249 Å². The van der Waals surface area contributed by atoms with Crippen molar-refractivity contribution >= 4 is 22.3 Å². The number of rotatable bonds is 11. The van der Waals surface area contributed by atoms with Gasteiger partial charge in [-0.15, -0.1) is 0 Å². The van der Waals surface area contributed by atoms with E-state index >= 15 is 0 Å². The van der Waals surface area contributed by atoms with Crippen LogP contribution in [0.3, 0.4) is 0 Å². The van der Waals surface area contributed by atoms with Gasteiger partial charge in [-0.1, -0.05) is 32.9 Å². The van der Waals surface area contributed by atoms with Crippen molar-refractivity contribution in [3.63, 3.8) is 0 Å². The number of hydrogen-bond acceptors (Lipinski definition) is 7. The van der Waals surface area contributed by atoms with Crippen molar-refractivity contribution in [2.45, 2.75) is 39.0 Å². The van der Waals surface area contributed by atoms with Gasteiger partial charge in [-0.05, 0) is 91.4 Å². The molecule has 1 aliphatic heterocycles. The topological polar surface area (TPSA) is 65.1 Å². The summed E-state index contributed by atoms with van der Waals surface area (Å²) >= 11 is 0. The third kappa shape index (κ3) is 7.52. The first-order chi connectivity index (χ1) is 20.3. The highest BCUT2D eigenvalue weighted by molar-refractivity contribution is 5.88. The Kier molecular flexibility index (Phi) is 9.50. The molecule has 0 amide bonds. The van der Waals surface area contributed by atoms with E-state index in [1.54, 1.807) is 20.4 Å². The van der Waals surface area contributed by atoms with Crippen LogP contribution in [-0.4, -0.2) is 57.0 Å². The van der Waals surface area contributed by atoms with Crippen LogP contribution >= 0.6 is 0 Å². The fraction of sp³-hybridized carbons (Fsp3) is 0.400. The van der Waals surface area contributed by atoms with Gasteiger partial charge in [0.15, 0.2) is 11.5 Å². The number of ether oxygens (including phenoxy) is 4. The Morgan fingerprint density at radius 3 is 2.19 bits per heavy atom. The van der Waals surface area contributed by atoms with Crippen LogP contribution in [-0.2, 0) is 10.2 Å². The van der Waals surface area contributed by atoms with Gasteiger partial charge in [0.25, 0.3) is 0 Å². The van der Waals surface area contributed by atoms with E-state index < -0.39 is 0 Å². The van der Waals surface area contributed by atoms with Crippen LogP contribution in [0.5, 0.6) is 23.0 Å². The first-order valence-electron chi connectivity index (χ1n) is 14.8. The van der Waals surface area contributed by atoms with Crippen LogP contribution in [0.15, 0.2) is 72.9 Å². The summed E-state index contributed by atoms with van der Waals surface area (Å²) in [6, 6.07) is 22.3. The van der Waals surface area contributed by atoms with Crippen molar-refractivity contribution in [3.8, 4) is 23.0 Å². The van der Waals surface area contributed by atoms with E-state index in [9.17, 15) is 0 Å². The second kappa shape index (κ2) is 13.4. The molecule has 1 N–H and O–H groups in total. The predicted molar refractivity (Wildman–Crippen MR) is 170 cm³/mol. The van der Waals surface area contributed by atoms with Gasteiger partial charge in [0.2, 0.25) is 0 Å². The second-order valence-corrected chi connectivity index (χ2v) is 12.0. The Balaban J connectivity index is 1.21. The number of hydrogen-bond donors (Lipinski definition) is 1. The monoisotopic (exact) mass is 569 g/mol. The molecular weight excluding hydrogens is 526 g/mol. The molecule has 5 rings (SSSR count). The number of benzene rings is 3. The molecule has 0 aliphatic carbocycles. The molecule has 0 radical (unpaired) electrons. The van der Waals surface area contributed by atoms with Crippen LogP contribution in [0.2, 0.25) is 0 Å². The molecule has 0 saturated carbocycles. The summed E-state index contributed by atoms with van der Waals surface area (Å²) < 4.78 is 23.5. The summed E-state index contributed by atoms with van der Waals surface area (Å²) in [6.45, 7) is 11.1. The van der Waals surface area contributed by atoms with Gasteiger partial charge in [-0.25, -0.2) is 0 Å². The number of aromatic nitrogens is 1. The summed E-state index contributed by atoms with van der Waals surface area (Å²) in [5.74, 6) is 3.47. The lowest BCUT2D eigenvalue weighted by Gasteiger charge is -2.31. The van der Waals surface area contributed by atoms with Crippen molar-refractivity contribution in [3.05, 3.63) is 78.5 Å². The van der Waals surface area contributed by atoms with Crippen LogP contribution < -0.4 is 19.5 Å². The highest BCUT2D eigenvalue weighted by Gasteiger charge is 2.19. The molecule has 4 aromatic rings. The summed E-state index contributed by atoms with van der Waals surface area (Å²) in [5.41, 5.74) is 4.28. The minimum Gasteiger partial charge on any atom is -0.493 e. The van der Waals surface area contributed by atoms with Crippen molar-refractivity contribution in [2.75, 3.05) is 52.4 Å². The van der Waals surface area contributed by atoms with Gasteiger partial charge in [0.1, 0.15) is 18.1 Å². The third-order valence-electron chi connectivity index (χ3n) is 7.88. The van der Waals surface area contributed by atoms with E-state index in [2.05, 4.69) is 60.2 Å². The van der Waals surface area contributed by atoms with Crippen molar-refractivity contribution in [2.24, 2.45) is 5.92 Å². The lowest BCUT2D eigenvalue weighted by atomic mass is 9.87. The fourth-order valence-electron chi connectivity index (χ4n) is 5.34. The molecular formula is C35H43N3O4. The zero-order valence-corrected chi connectivity index (χ0v) is 25.5. The molecule has 7 nitrogen and oxygen atoms in total. The normalized spacial score (nSPS) is 14.6. The Morgan fingerprint density at radius 2 is 1.55 bits per heavy atom. The number of nitrogens with one attached hydrogen (secondary N) is 1. The number of likely N-dealkylation sites (tertiary alicyclic amines) is 1. The second-order valence-electron chi connectivity index (χ2n) is 12.0. The fourth-order valence-corrected chi connectivity index (χ4v) is 5.34. The molecule has 0 atom stereocenters. The number of pyridine rings is 1. The number of anilines is 2. The van der Waals surface area contributed by atoms with E-state index in [-0.39, 0.29) is 5.41 Å². The van der Waals surface area contributed by atoms with Gasteiger partial charge in [-0.3, -0.25) is 9.88 Å². The number of fused-ring (bicyclic) bond motifs is 1. The molecule has 0 unspecified atom stereocenters. The van der Waals surface area contributed by atoms with Gasteiger partial charge < -0.3 is 24.3 Å². The zero-order valence-electron chi connectivity index (χ0n) is 25.5. The molecule has 2 heterocycles. The minimum atomic E-state index is 0.134. The minimum absolute atomic E-state index is 0.134. The quantitative estimate of drug-likeness (QED) is 0.198. The molecule has 1 aromatic heterocycles. The molecule has 42 heavy (non-hydrogen) atoms. The third-order valence-corrected chi connectivity index (χ3v) is 7.88. The lowest BCUT2D eigenvalue weighted by molar-refractivity contribution is 0.0926. The van der Waals surface area contributed by atoms with Gasteiger partial charge in [0.05, 0.1) is 12.6 Å². The maximum atomic E-state index is 6.30. The van der Waals surface area contributed by atoms with E-state index in [1.165, 1.54) is 18.4 Å². The predicted octanol–water partition coefficient (Wildman–Crippen LogP) is 7.81. The summed E-state index contributed by atoms with van der Waals surface area (Å²) in [6.07, 6.45) is 4.10. The standard InChI is InChI=1S/C35H43N3O4/c1-35(2,3)26-6-8-27(9-7-26)37-28-10-12-29(13-11-28)42-32-14-17-36-31-23-34(33(40-5)22-30(31)32)41-21-20-38-18-15-25(16-19-38)24-39-4/h6-14,17,22-23,25,37H,15-16,18-21,24H2,1-5H3. The molecule has 1 saturated heterocycles. The van der Waals surface area contributed by atoms with Gasteiger partial charge >= 0.3 is 0 Å². The van der Waals surface area contributed by atoms with Crippen molar-refractivity contribution in [1.29, 1.82) is 0 Å². The first-order valence-corrected chi connectivity index (χ1v) is 14.8. The largest absolute Gasteiger partial charge is 0.493 e. The van der Waals surface area contributed by atoms with Crippen LogP contribution in [0.25, 0.3) is 10.9 Å². The van der Waals surface area contributed by atoms with E-state index in [0.29, 0.717) is 29.8 Å². The molecule has 1 aliphatic rings. The summed E-state index contributed by atoms with van der Waals surface area (Å²) in [4.78, 5) is 7.03. The van der Waals surface area contributed by atoms with Gasteiger partial charge in [0, 0.05) is 49.3 Å². The van der Waals surface area contributed by atoms with Crippen molar-refractivity contribution < 1.29 is 18.9 Å². The molecule has 3 aromatic carbocycles. The highest BCUT2D eigenvalue weighted by atomic mass is 16.5. The first kappa shape index (κ1) is 29.7. The molecule has 1 fully saturated rings. The molecule has 222 valence electrons. The summed E-state index contributed by atoms with van der Waals surface area (Å²) in [7, 11) is 3.44. The SMILES string of the molecule is COCC1CCN(CCOc2cc3nccc(Oc4ccc(Nc5ccc(C(C)(C)C)cc5)cc4)c3cc2OC)CC1. The van der Waals surface area contributed by atoms with E-state index in [0.717, 1.165) is 54.3 Å². The molecule has 7 heteroatoms. The number of nitrogens with zero attached hydrogens (tertiary/aromatic N) is 2. The lowest BCUT2D eigenvalue weighted by Crippen LogP contribution is -2.37. The smallest absolute Gasteiger partial charge is 0.163 e. The summed E-state index contributed by atoms with van der Waals surface area (Å²) in [5, 5.41) is 4.33. The maximum absolute atomic E-state index is 6.30. The Morgan fingerprint density at radius 1 is 0.857 bits per heavy atom. The highest BCUT2D eigenvalue weighted by Crippen LogP contribution is 2.37. The zero-order chi connectivity index (χ0) is 29.5. The van der Waals surface area contributed by atoms with E-state index in [1.807, 2.05) is 42.5 Å². The van der Waals surface area contributed by atoms with Crippen molar-refractivity contribution in [1.82, 2.24) is 9.88 Å². The number of methoxy groups -OCH3 is 2. The van der Waals surface area contributed by atoms with Gasteiger partial charge in [-0.2, -0.15) is 0 Å². The molecule has 0 bridgehead atoms. The number of piperidine rings is 1. The van der Waals surface area contributed by atoms with Crippen LogP contribution in [0, 0.1) is 5.92 Å². The van der Waals surface area contributed by atoms with E-state index in [4.69, 9.17) is 18.9 Å². The maximum Gasteiger partial charge on any atom is 0.163 e. The average Bonchev–Trinajstić information content (AvgIpc) is 2.99. The Hall–Kier alpha value is -3.81.